The monoisotopic (exact) mass is 336 g/mol. The summed E-state index contributed by atoms with van der Waals surface area (Å²) in [5, 5.41) is 19.0. The smallest absolute Gasteiger partial charge is 0.332 e. The molecule has 24 heavy (non-hydrogen) atoms. The molecule has 0 radical (unpaired) electrons. The molecule has 0 saturated carbocycles. The first-order valence-corrected chi connectivity index (χ1v) is 7.13. The van der Waals surface area contributed by atoms with Gasteiger partial charge in [-0.3, -0.25) is 9.59 Å². The first-order valence-electron chi connectivity index (χ1n) is 7.13. The summed E-state index contributed by atoms with van der Waals surface area (Å²) < 4.78 is 9.65. The van der Waals surface area contributed by atoms with Crippen LogP contribution in [0.25, 0.3) is 0 Å². The highest BCUT2D eigenvalue weighted by molar-refractivity contribution is 6.02. The molecule has 0 saturated heterocycles. The number of carboxylic acid groups (broad SMARTS) is 2. The number of hydrogen-bond acceptors (Lipinski definition) is 5. The Bertz CT molecular complexity index is 633. The number of carboxylic acids is 2. The number of hydrogen-bond donors (Lipinski definition) is 2. The molecule has 0 fully saturated rings. The van der Waals surface area contributed by atoms with Crippen molar-refractivity contribution in [3.63, 3.8) is 0 Å². The molecule has 0 aliphatic rings. The van der Waals surface area contributed by atoms with Gasteiger partial charge in [-0.2, -0.15) is 0 Å². The average Bonchev–Trinajstić information content (AvgIpc) is 2.52. The van der Waals surface area contributed by atoms with Crippen molar-refractivity contribution in [1.82, 2.24) is 0 Å². The molecule has 7 heteroatoms. The van der Waals surface area contributed by atoms with Crippen molar-refractivity contribution in [3.8, 4) is 0 Å². The van der Waals surface area contributed by atoms with Crippen LogP contribution in [0.3, 0.4) is 0 Å². The van der Waals surface area contributed by atoms with Crippen molar-refractivity contribution in [3.05, 3.63) is 47.5 Å². The number of carbonyl (C=O) groups is 3. The van der Waals surface area contributed by atoms with Gasteiger partial charge in [0.05, 0.1) is 18.6 Å². The van der Waals surface area contributed by atoms with Crippen LogP contribution in [0.15, 0.2) is 36.4 Å². The molecule has 7 nitrogen and oxygen atoms in total. The molecule has 1 aromatic carbocycles. The van der Waals surface area contributed by atoms with E-state index in [0.717, 1.165) is 5.56 Å². The fourth-order valence-corrected chi connectivity index (χ4v) is 2.24. The highest BCUT2D eigenvalue weighted by Gasteiger charge is 2.48. The van der Waals surface area contributed by atoms with Gasteiger partial charge in [0.2, 0.25) is 0 Å². The molecule has 0 bridgehead atoms. The maximum Gasteiger partial charge on any atom is 0.332 e. The Morgan fingerprint density at radius 2 is 1.71 bits per heavy atom. The minimum absolute atomic E-state index is 0.0571. The van der Waals surface area contributed by atoms with Crippen molar-refractivity contribution in [2.24, 2.45) is 0 Å². The Labute approximate surface area is 139 Å². The normalized spacial score (nSPS) is 12.9. The summed E-state index contributed by atoms with van der Waals surface area (Å²) in [4.78, 5) is 35.4. The predicted molar refractivity (Wildman–Crippen MR) is 84.7 cm³/mol. The van der Waals surface area contributed by atoms with Crippen molar-refractivity contribution >= 4 is 17.9 Å². The van der Waals surface area contributed by atoms with Crippen LogP contribution in [0.5, 0.6) is 0 Å². The third kappa shape index (κ3) is 4.20. The second-order valence-electron chi connectivity index (χ2n) is 5.25. The highest BCUT2D eigenvalue weighted by atomic mass is 16.6. The number of carbonyl (C=O) groups excluding carboxylic acids is 1. The van der Waals surface area contributed by atoms with E-state index >= 15 is 0 Å². The molecule has 130 valence electrons. The largest absolute Gasteiger partial charge is 0.480 e. The summed E-state index contributed by atoms with van der Waals surface area (Å²) in [6, 6.07) is 6.22. The van der Waals surface area contributed by atoms with Crippen LogP contribution in [0.1, 0.15) is 17.5 Å². The topological polar surface area (TPSA) is 110 Å². The first-order chi connectivity index (χ1) is 11.3. The lowest BCUT2D eigenvalue weighted by atomic mass is 9.72. The standard InChI is InChI=1S/C17H20O7/c1-11-4-6-13(7-5-11)17(16(21)22,12(2)15(19)20)10-14(18)24-9-8-23-3/h4-7H,2,8-10H2,1,3H3,(H,19,20)(H,21,22). The number of ether oxygens (including phenoxy) is 2. The molecule has 1 unspecified atom stereocenters. The van der Waals surface area contributed by atoms with Crippen molar-refractivity contribution < 1.29 is 34.1 Å². The third-order valence-electron chi connectivity index (χ3n) is 3.64. The van der Waals surface area contributed by atoms with Crippen LogP contribution in [-0.4, -0.2) is 48.4 Å². The van der Waals surface area contributed by atoms with Crippen LogP contribution >= 0.6 is 0 Å². The zero-order chi connectivity index (χ0) is 18.3. The second kappa shape index (κ2) is 8.26. The van der Waals surface area contributed by atoms with Gasteiger partial charge in [0.25, 0.3) is 0 Å². The molecule has 1 rings (SSSR count). The maximum atomic E-state index is 12.0. The van der Waals surface area contributed by atoms with E-state index in [0.29, 0.717) is 0 Å². The van der Waals surface area contributed by atoms with E-state index in [1.54, 1.807) is 19.1 Å². The second-order valence-corrected chi connectivity index (χ2v) is 5.25. The Morgan fingerprint density at radius 3 is 2.17 bits per heavy atom. The maximum absolute atomic E-state index is 12.0. The highest BCUT2D eigenvalue weighted by Crippen LogP contribution is 2.36. The van der Waals surface area contributed by atoms with Crippen molar-refractivity contribution in [2.45, 2.75) is 18.8 Å². The molecule has 0 spiro atoms. The average molecular weight is 336 g/mol. The molecular formula is C17H20O7. The van der Waals surface area contributed by atoms with Crippen LogP contribution in [0.2, 0.25) is 0 Å². The van der Waals surface area contributed by atoms with E-state index in [1.807, 2.05) is 0 Å². The summed E-state index contributed by atoms with van der Waals surface area (Å²) in [5.41, 5.74) is -1.70. The zero-order valence-electron chi connectivity index (χ0n) is 13.6. The molecule has 0 aliphatic heterocycles. The molecule has 0 aliphatic carbocycles. The summed E-state index contributed by atoms with van der Waals surface area (Å²) in [7, 11) is 1.42. The van der Waals surface area contributed by atoms with Gasteiger partial charge in [0, 0.05) is 7.11 Å². The first kappa shape index (κ1) is 19.4. The van der Waals surface area contributed by atoms with E-state index < -0.39 is 35.3 Å². The lowest BCUT2D eigenvalue weighted by Gasteiger charge is -2.29. The van der Waals surface area contributed by atoms with E-state index in [-0.39, 0.29) is 18.8 Å². The minimum atomic E-state index is -2.11. The van der Waals surface area contributed by atoms with Gasteiger partial charge in [-0.15, -0.1) is 0 Å². The van der Waals surface area contributed by atoms with Gasteiger partial charge in [-0.05, 0) is 12.5 Å². The van der Waals surface area contributed by atoms with E-state index in [9.17, 15) is 24.6 Å². The molecule has 2 N–H and O–H groups in total. The molecule has 1 atom stereocenters. The van der Waals surface area contributed by atoms with Crippen LogP contribution in [-0.2, 0) is 29.3 Å². The molecule has 0 heterocycles. The van der Waals surface area contributed by atoms with Gasteiger partial charge in [-0.25, -0.2) is 4.79 Å². The van der Waals surface area contributed by atoms with Gasteiger partial charge in [-0.1, -0.05) is 36.4 Å². The number of methoxy groups -OCH3 is 1. The summed E-state index contributed by atoms with van der Waals surface area (Å²) in [6.45, 7) is 5.28. The fraction of sp³-hybridized carbons (Fsp3) is 0.353. The summed E-state index contributed by atoms with van der Waals surface area (Å²) in [6.07, 6.45) is -0.680. The van der Waals surface area contributed by atoms with Crippen LogP contribution in [0, 0.1) is 6.92 Å². The van der Waals surface area contributed by atoms with Gasteiger partial charge >= 0.3 is 17.9 Å². The van der Waals surface area contributed by atoms with Crippen molar-refractivity contribution in [1.29, 1.82) is 0 Å². The number of aryl methyl sites for hydroxylation is 1. The number of rotatable bonds is 9. The van der Waals surface area contributed by atoms with Crippen molar-refractivity contribution in [2.75, 3.05) is 20.3 Å². The minimum Gasteiger partial charge on any atom is -0.480 e. The van der Waals surface area contributed by atoms with E-state index in [2.05, 4.69) is 6.58 Å². The Balaban J connectivity index is 3.30. The van der Waals surface area contributed by atoms with Crippen LogP contribution < -0.4 is 0 Å². The number of aliphatic carboxylic acids is 2. The molecule has 0 aromatic heterocycles. The lowest BCUT2D eigenvalue weighted by Crippen LogP contribution is -2.42. The van der Waals surface area contributed by atoms with Gasteiger partial charge in [0.15, 0.2) is 0 Å². The number of benzene rings is 1. The molecule has 1 aromatic rings. The van der Waals surface area contributed by atoms with Gasteiger partial charge < -0.3 is 19.7 Å². The lowest BCUT2D eigenvalue weighted by molar-refractivity contribution is -0.154. The van der Waals surface area contributed by atoms with E-state index in [1.165, 1.54) is 19.2 Å². The van der Waals surface area contributed by atoms with Gasteiger partial charge in [0.1, 0.15) is 12.0 Å². The third-order valence-corrected chi connectivity index (χ3v) is 3.64. The molecule has 0 amide bonds. The Kier molecular flexibility index (Phi) is 6.67. The fourth-order valence-electron chi connectivity index (χ4n) is 2.24. The number of esters is 1. The Morgan fingerprint density at radius 1 is 1.12 bits per heavy atom. The zero-order valence-corrected chi connectivity index (χ0v) is 13.6. The Hall–Kier alpha value is -2.67. The summed E-state index contributed by atoms with van der Waals surface area (Å²) >= 11 is 0. The predicted octanol–water partition coefficient (Wildman–Crippen LogP) is 1.54. The summed E-state index contributed by atoms with van der Waals surface area (Å²) in [5.74, 6) is -3.83. The quantitative estimate of drug-likeness (QED) is 0.400. The van der Waals surface area contributed by atoms with E-state index in [4.69, 9.17) is 9.47 Å². The SMILES string of the molecule is C=C(C(=O)O)C(CC(=O)OCCOC)(C(=O)O)c1ccc(C)cc1. The molecular weight excluding hydrogens is 316 g/mol. The van der Waals surface area contributed by atoms with Crippen LogP contribution in [0.4, 0.5) is 0 Å².